The molecule has 3 rings (SSSR count). The first kappa shape index (κ1) is 20.4. The maximum atomic E-state index is 13.1. The quantitative estimate of drug-likeness (QED) is 0.801. The van der Waals surface area contributed by atoms with E-state index in [1.165, 1.54) is 11.3 Å². The Labute approximate surface area is 169 Å². The number of hydrogen-bond acceptors (Lipinski definition) is 6. The molecular weight excluding hydrogens is 374 g/mol. The first-order valence-electron chi connectivity index (χ1n) is 9.55. The lowest BCUT2D eigenvalue weighted by Gasteiger charge is -2.32. The van der Waals surface area contributed by atoms with Crippen LogP contribution in [0, 0.1) is 12.8 Å². The van der Waals surface area contributed by atoms with Crippen LogP contribution in [0.15, 0.2) is 24.5 Å². The largest absolute Gasteiger partial charge is 0.355 e. The fourth-order valence-corrected chi connectivity index (χ4v) is 4.30. The topological polar surface area (TPSA) is 78.4 Å². The Morgan fingerprint density at radius 1 is 1.39 bits per heavy atom. The number of pyridine rings is 1. The van der Waals surface area contributed by atoms with Crippen molar-refractivity contribution in [3.05, 3.63) is 35.1 Å². The van der Waals surface area contributed by atoms with Gasteiger partial charge in [-0.1, -0.05) is 0 Å². The van der Waals surface area contributed by atoms with E-state index in [0.717, 1.165) is 35.7 Å². The van der Waals surface area contributed by atoms with E-state index < -0.39 is 0 Å². The molecular formula is C20H27N5O2S. The highest BCUT2D eigenvalue weighted by molar-refractivity contribution is 7.17. The molecule has 0 aromatic carbocycles. The Kier molecular flexibility index (Phi) is 6.74. The van der Waals surface area contributed by atoms with E-state index in [9.17, 15) is 9.59 Å². The summed E-state index contributed by atoms with van der Waals surface area (Å²) in [4.78, 5) is 38.7. The summed E-state index contributed by atoms with van der Waals surface area (Å²) >= 11 is 1.39. The Hall–Kier alpha value is -2.32. The number of nitrogens with one attached hydrogen (secondary N) is 1. The molecule has 8 heteroatoms. The van der Waals surface area contributed by atoms with Crippen molar-refractivity contribution < 1.29 is 9.59 Å². The number of piperidine rings is 1. The molecule has 3 heterocycles. The summed E-state index contributed by atoms with van der Waals surface area (Å²) in [5.74, 6) is -0.141. The summed E-state index contributed by atoms with van der Waals surface area (Å²) in [6.07, 6.45) is 5.13. The van der Waals surface area contributed by atoms with Crippen LogP contribution in [0.3, 0.4) is 0 Å². The molecule has 1 fully saturated rings. The van der Waals surface area contributed by atoms with Crippen molar-refractivity contribution in [2.75, 3.05) is 40.3 Å². The molecule has 1 aliphatic heterocycles. The molecule has 2 amide bonds. The van der Waals surface area contributed by atoms with Gasteiger partial charge in [0.25, 0.3) is 5.91 Å². The lowest BCUT2D eigenvalue weighted by molar-refractivity contribution is -0.126. The SMILES string of the molecule is Cc1nc(-c2cccnc2)sc1C(=O)N1CCCC(C(=O)NCCN(C)C)C1. The molecule has 7 nitrogen and oxygen atoms in total. The molecule has 2 aromatic heterocycles. The van der Waals surface area contributed by atoms with Crippen molar-refractivity contribution >= 4 is 23.2 Å². The zero-order valence-electron chi connectivity index (χ0n) is 16.6. The number of amides is 2. The second kappa shape index (κ2) is 9.25. The van der Waals surface area contributed by atoms with E-state index in [0.29, 0.717) is 24.5 Å². The van der Waals surface area contributed by atoms with E-state index >= 15 is 0 Å². The van der Waals surface area contributed by atoms with Crippen LogP contribution in [-0.2, 0) is 4.79 Å². The molecule has 1 saturated heterocycles. The number of carbonyl (C=O) groups excluding carboxylic acids is 2. The van der Waals surface area contributed by atoms with Gasteiger partial charge in [-0.2, -0.15) is 0 Å². The highest BCUT2D eigenvalue weighted by Gasteiger charge is 2.30. The van der Waals surface area contributed by atoms with Crippen molar-refractivity contribution in [3.8, 4) is 10.6 Å². The average molecular weight is 402 g/mol. The Morgan fingerprint density at radius 2 is 2.21 bits per heavy atom. The van der Waals surface area contributed by atoms with Crippen LogP contribution in [0.4, 0.5) is 0 Å². The van der Waals surface area contributed by atoms with Crippen LogP contribution < -0.4 is 5.32 Å². The number of likely N-dealkylation sites (tertiary alicyclic amines) is 1. The van der Waals surface area contributed by atoms with Gasteiger partial charge < -0.3 is 15.1 Å². The van der Waals surface area contributed by atoms with Crippen molar-refractivity contribution in [2.45, 2.75) is 19.8 Å². The standard InChI is InChI=1S/C20H27N5O2S/c1-14-17(28-19(23-14)15-6-4-8-21-12-15)20(27)25-10-5-7-16(13-25)18(26)22-9-11-24(2)3/h4,6,8,12,16H,5,7,9-11,13H2,1-3H3,(H,22,26). The molecule has 1 N–H and O–H groups in total. The molecule has 150 valence electrons. The number of nitrogens with zero attached hydrogens (tertiary/aromatic N) is 4. The number of likely N-dealkylation sites (N-methyl/N-ethyl adjacent to an activating group) is 1. The smallest absolute Gasteiger partial charge is 0.265 e. The third-order valence-electron chi connectivity index (χ3n) is 4.84. The molecule has 1 aliphatic rings. The molecule has 1 unspecified atom stereocenters. The number of hydrogen-bond donors (Lipinski definition) is 1. The fraction of sp³-hybridized carbons (Fsp3) is 0.500. The first-order valence-corrected chi connectivity index (χ1v) is 10.4. The van der Waals surface area contributed by atoms with E-state index in [1.807, 2.05) is 38.1 Å². The van der Waals surface area contributed by atoms with Crippen LogP contribution in [0.1, 0.15) is 28.2 Å². The second-order valence-corrected chi connectivity index (χ2v) is 8.36. The predicted molar refractivity (Wildman–Crippen MR) is 110 cm³/mol. The first-order chi connectivity index (χ1) is 13.5. The van der Waals surface area contributed by atoms with Crippen LogP contribution >= 0.6 is 11.3 Å². The molecule has 0 radical (unpaired) electrons. The van der Waals surface area contributed by atoms with Crippen molar-refractivity contribution in [1.29, 1.82) is 0 Å². The minimum atomic E-state index is -0.147. The summed E-state index contributed by atoms with van der Waals surface area (Å²) in [6.45, 7) is 4.43. The molecule has 2 aromatic rings. The summed E-state index contributed by atoms with van der Waals surface area (Å²) in [5.41, 5.74) is 1.64. The number of aryl methyl sites for hydroxylation is 1. The lowest BCUT2D eigenvalue weighted by atomic mass is 9.97. The second-order valence-electron chi connectivity index (χ2n) is 7.36. The maximum Gasteiger partial charge on any atom is 0.265 e. The Morgan fingerprint density at radius 3 is 2.93 bits per heavy atom. The van der Waals surface area contributed by atoms with E-state index in [1.54, 1.807) is 17.3 Å². The Balaban J connectivity index is 1.66. The zero-order chi connectivity index (χ0) is 20.1. The van der Waals surface area contributed by atoms with Gasteiger partial charge in [0.15, 0.2) is 0 Å². The minimum Gasteiger partial charge on any atom is -0.355 e. The van der Waals surface area contributed by atoms with Crippen LogP contribution in [0.25, 0.3) is 10.6 Å². The summed E-state index contributed by atoms with van der Waals surface area (Å²) in [6, 6.07) is 3.80. The summed E-state index contributed by atoms with van der Waals surface area (Å²) < 4.78 is 0. The summed E-state index contributed by atoms with van der Waals surface area (Å²) in [7, 11) is 3.95. The number of carbonyl (C=O) groups is 2. The van der Waals surface area contributed by atoms with Gasteiger partial charge in [-0.3, -0.25) is 14.6 Å². The molecule has 28 heavy (non-hydrogen) atoms. The highest BCUT2D eigenvalue weighted by Crippen LogP contribution is 2.29. The molecule has 0 bridgehead atoms. The van der Waals surface area contributed by atoms with Gasteiger partial charge >= 0.3 is 0 Å². The van der Waals surface area contributed by atoms with Gasteiger partial charge in [0, 0.05) is 44.1 Å². The van der Waals surface area contributed by atoms with Crippen molar-refractivity contribution in [1.82, 2.24) is 25.1 Å². The average Bonchev–Trinajstić information content (AvgIpc) is 3.09. The normalized spacial score (nSPS) is 17.0. The van der Waals surface area contributed by atoms with Gasteiger partial charge in [-0.15, -0.1) is 11.3 Å². The zero-order valence-corrected chi connectivity index (χ0v) is 17.5. The fourth-order valence-electron chi connectivity index (χ4n) is 3.27. The Bertz CT molecular complexity index is 821. The maximum absolute atomic E-state index is 13.1. The van der Waals surface area contributed by atoms with Gasteiger partial charge in [-0.25, -0.2) is 4.98 Å². The predicted octanol–water partition coefficient (Wildman–Crippen LogP) is 2.04. The highest BCUT2D eigenvalue weighted by atomic mass is 32.1. The summed E-state index contributed by atoms with van der Waals surface area (Å²) in [5, 5.41) is 3.78. The number of aromatic nitrogens is 2. The lowest BCUT2D eigenvalue weighted by Crippen LogP contribution is -2.46. The minimum absolute atomic E-state index is 0.0315. The monoisotopic (exact) mass is 401 g/mol. The van der Waals surface area contributed by atoms with Crippen molar-refractivity contribution in [2.24, 2.45) is 5.92 Å². The van der Waals surface area contributed by atoms with Crippen LogP contribution in [0.5, 0.6) is 0 Å². The molecule has 0 aliphatic carbocycles. The van der Waals surface area contributed by atoms with Crippen LogP contribution in [0.2, 0.25) is 0 Å². The molecule has 1 atom stereocenters. The molecule has 0 spiro atoms. The van der Waals surface area contributed by atoms with Gasteiger partial charge in [0.1, 0.15) is 9.88 Å². The number of thiazole rings is 1. The molecule has 0 saturated carbocycles. The van der Waals surface area contributed by atoms with Gasteiger partial charge in [-0.05, 0) is 46.0 Å². The third-order valence-corrected chi connectivity index (χ3v) is 6.03. The van der Waals surface area contributed by atoms with Crippen molar-refractivity contribution in [3.63, 3.8) is 0 Å². The van der Waals surface area contributed by atoms with Crippen LogP contribution in [-0.4, -0.2) is 71.9 Å². The van der Waals surface area contributed by atoms with Gasteiger partial charge in [0.2, 0.25) is 5.91 Å². The third kappa shape index (κ3) is 4.94. The van der Waals surface area contributed by atoms with E-state index in [-0.39, 0.29) is 17.7 Å². The van der Waals surface area contributed by atoms with E-state index in [4.69, 9.17) is 0 Å². The number of rotatable bonds is 6. The van der Waals surface area contributed by atoms with Gasteiger partial charge in [0.05, 0.1) is 11.6 Å². The van der Waals surface area contributed by atoms with E-state index in [2.05, 4.69) is 15.3 Å².